The standard InChI is InChI=1S/C18H18F3N3O2/c1-25-15-8-3-11(9-16(15)26-2)14-10-17(22)23-24(14)13-6-4-12(5-7-13)18(19,20)21/h3-9,14H,10H2,1-2H3,(H2,22,23). The molecule has 0 bridgehead atoms. The quantitative estimate of drug-likeness (QED) is 0.891. The SMILES string of the molecule is COc1ccc(C2CC(N)=NN2c2ccc(C(F)(F)F)cc2)cc1OC. The maximum atomic E-state index is 12.8. The molecule has 2 aromatic carbocycles. The van der Waals surface area contributed by atoms with E-state index in [1.54, 1.807) is 18.2 Å². The summed E-state index contributed by atoms with van der Waals surface area (Å²) < 4.78 is 48.9. The Hall–Kier alpha value is -2.90. The van der Waals surface area contributed by atoms with E-state index in [0.29, 0.717) is 29.4 Å². The fourth-order valence-electron chi connectivity index (χ4n) is 2.89. The Balaban J connectivity index is 1.93. The molecule has 5 nitrogen and oxygen atoms in total. The van der Waals surface area contributed by atoms with Gasteiger partial charge in [0.2, 0.25) is 0 Å². The molecule has 0 fully saturated rings. The van der Waals surface area contributed by atoms with Gasteiger partial charge >= 0.3 is 6.18 Å². The first-order valence-corrected chi connectivity index (χ1v) is 7.85. The minimum Gasteiger partial charge on any atom is -0.493 e. The fraction of sp³-hybridized carbons (Fsp3) is 0.278. The van der Waals surface area contributed by atoms with E-state index in [-0.39, 0.29) is 6.04 Å². The van der Waals surface area contributed by atoms with Gasteiger partial charge in [-0.25, -0.2) is 0 Å². The highest BCUT2D eigenvalue weighted by Gasteiger charge is 2.32. The lowest BCUT2D eigenvalue weighted by molar-refractivity contribution is -0.137. The number of hydrazone groups is 1. The van der Waals surface area contributed by atoms with Gasteiger partial charge in [0.15, 0.2) is 11.5 Å². The number of methoxy groups -OCH3 is 2. The zero-order valence-electron chi connectivity index (χ0n) is 14.2. The lowest BCUT2D eigenvalue weighted by Crippen LogP contribution is -2.19. The molecule has 2 aromatic rings. The number of ether oxygens (including phenoxy) is 2. The van der Waals surface area contributed by atoms with Gasteiger partial charge in [-0.05, 0) is 42.0 Å². The molecule has 1 atom stereocenters. The highest BCUT2D eigenvalue weighted by Crippen LogP contribution is 2.39. The van der Waals surface area contributed by atoms with E-state index < -0.39 is 11.7 Å². The summed E-state index contributed by atoms with van der Waals surface area (Å²) in [5.41, 5.74) is 6.57. The number of nitrogens with two attached hydrogens (primary N) is 1. The van der Waals surface area contributed by atoms with Gasteiger partial charge in [0.05, 0.1) is 31.5 Å². The van der Waals surface area contributed by atoms with Crippen LogP contribution in [0.4, 0.5) is 18.9 Å². The third kappa shape index (κ3) is 3.40. The number of hydrogen-bond acceptors (Lipinski definition) is 5. The van der Waals surface area contributed by atoms with Gasteiger partial charge in [0.1, 0.15) is 5.84 Å². The average molecular weight is 365 g/mol. The summed E-state index contributed by atoms with van der Waals surface area (Å²) >= 11 is 0. The summed E-state index contributed by atoms with van der Waals surface area (Å²) in [6, 6.07) is 10.0. The largest absolute Gasteiger partial charge is 0.493 e. The minimum absolute atomic E-state index is 0.244. The van der Waals surface area contributed by atoms with Crippen molar-refractivity contribution in [2.75, 3.05) is 19.2 Å². The third-order valence-electron chi connectivity index (χ3n) is 4.19. The summed E-state index contributed by atoms with van der Waals surface area (Å²) in [7, 11) is 3.08. The lowest BCUT2D eigenvalue weighted by atomic mass is 10.0. The predicted molar refractivity (Wildman–Crippen MR) is 92.4 cm³/mol. The number of benzene rings is 2. The zero-order chi connectivity index (χ0) is 18.9. The van der Waals surface area contributed by atoms with Gasteiger partial charge in [0.25, 0.3) is 0 Å². The van der Waals surface area contributed by atoms with Gasteiger partial charge in [-0.1, -0.05) is 6.07 Å². The van der Waals surface area contributed by atoms with Crippen molar-refractivity contribution in [2.45, 2.75) is 18.6 Å². The maximum absolute atomic E-state index is 12.8. The number of nitrogens with zero attached hydrogens (tertiary/aromatic N) is 2. The zero-order valence-corrected chi connectivity index (χ0v) is 14.2. The van der Waals surface area contributed by atoms with E-state index >= 15 is 0 Å². The molecule has 0 aliphatic carbocycles. The monoisotopic (exact) mass is 365 g/mol. The average Bonchev–Trinajstić information content (AvgIpc) is 3.02. The van der Waals surface area contributed by atoms with Crippen molar-refractivity contribution < 1.29 is 22.6 Å². The number of anilines is 1. The van der Waals surface area contributed by atoms with Crippen molar-refractivity contribution in [3.8, 4) is 11.5 Å². The number of amidine groups is 1. The van der Waals surface area contributed by atoms with Crippen LogP contribution in [-0.2, 0) is 6.18 Å². The van der Waals surface area contributed by atoms with Crippen LogP contribution < -0.4 is 20.2 Å². The first-order valence-electron chi connectivity index (χ1n) is 7.85. The molecule has 0 spiro atoms. The second kappa shape index (κ2) is 6.78. The van der Waals surface area contributed by atoms with Crippen molar-refractivity contribution in [3.05, 3.63) is 53.6 Å². The Morgan fingerprint density at radius 3 is 2.27 bits per heavy atom. The van der Waals surface area contributed by atoms with E-state index in [2.05, 4.69) is 5.10 Å². The maximum Gasteiger partial charge on any atom is 0.416 e. The van der Waals surface area contributed by atoms with Crippen molar-refractivity contribution in [2.24, 2.45) is 10.8 Å². The van der Waals surface area contributed by atoms with Crippen LogP contribution in [0.15, 0.2) is 47.6 Å². The van der Waals surface area contributed by atoms with E-state index in [1.807, 2.05) is 12.1 Å². The molecule has 8 heteroatoms. The topological polar surface area (TPSA) is 60.1 Å². The van der Waals surface area contributed by atoms with E-state index in [0.717, 1.165) is 17.7 Å². The first-order chi connectivity index (χ1) is 12.3. The summed E-state index contributed by atoms with van der Waals surface area (Å²) in [6.07, 6.45) is -3.93. The molecule has 0 radical (unpaired) electrons. The number of alkyl halides is 3. The molecule has 1 heterocycles. The molecule has 1 unspecified atom stereocenters. The van der Waals surface area contributed by atoms with Crippen LogP contribution in [0.1, 0.15) is 23.6 Å². The van der Waals surface area contributed by atoms with Gasteiger partial charge in [0, 0.05) is 6.42 Å². The van der Waals surface area contributed by atoms with Crippen LogP contribution in [0.3, 0.4) is 0 Å². The molecule has 0 saturated carbocycles. The molecular formula is C18H18F3N3O2. The Morgan fingerprint density at radius 2 is 1.69 bits per heavy atom. The normalized spacial score (nSPS) is 17.2. The van der Waals surface area contributed by atoms with Crippen LogP contribution in [0.2, 0.25) is 0 Å². The molecular weight excluding hydrogens is 347 g/mol. The number of halogens is 3. The van der Waals surface area contributed by atoms with Gasteiger partial charge < -0.3 is 15.2 Å². The molecule has 2 N–H and O–H groups in total. The predicted octanol–water partition coefficient (Wildman–Crippen LogP) is 3.95. The summed E-state index contributed by atoms with van der Waals surface area (Å²) in [5.74, 6) is 1.55. The second-order valence-corrected chi connectivity index (χ2v) is 5.81. The molecule has 0 saturated heterocycles. The van der Waals surface area contributed by atoms with E-state index in [1.165, 1.54) is 19.2 Å². The molecule has 0 aromatic heterocycles. The highest BCUT2D eigenvalue weighted by molar-refractivity contribution is 5.85. The molecule has 26 heavy (non-hydrogen) atoms. The van der Waals surface area contributed by atoms with Crippen molar-refractivity contribution in [1.29, 1.82) is 0 Å². The summed E-state index contributed by atoms with van der Waals surface area (Å²) in [4.78, 5) is 0. The molecule has 138 valence electrons. The number of hydrogen-bond donors (Lipinski definition) is 1. The smallest absolute Gasteiger partial charge is 0.416 e. The highest BCUT2D eigenvalue weighted by atomic mass is 19.4. The Labute approximate surface area is 148 Å². The first kappa shape index (κ1) is 17.9. The minimum atomic E-state index is -4.38. The van der Waals surface area contributed by atoms with Gasteiger partial charge in [-0.2, -0.15) is 18.3 Å². The van der Waals surface area contributed by atoms with Crippen LogP contribution >= 0.6 is 0 Å². The van der Waals surface area contributed by atoms with E-state index in [9.17, 15) is 13.2 Å². The van der Waals surface area contributed by atoms with Crippen LogP contribution in [-0.4, -0.2) is 20.1 Å². The Morgan fingerprint density at radius 1 is 1.04 bits per heavy atom. The van der Waals surface area contributed by atoms with Gasteiger partial charge in [-0.3, -0.25) is 5.01 Å². The molecule has 1 aliphatic heterocycles. The molecule has 3 rings (SSSR count). The van der Waals surface area contributed by atoms with Crippen LogP contribution in [0.25, 0.3) is 0 Å². The molecule has 0 amide bonds. The molecule has 1 aliphatic rings. The Kier molecular flexibility index (Phi) is 4.67. The van der Waals surface area contributed by atoms with Gasteiger partial charge in [-0.15, -0.1) is 0 Å². The summed E-state index contributed by atoms with van der Waals surface area (Å²) in [5, 5.41) is 5.90. The van der Waals surface area contributed by atoms with Crippen LogP contribution in [0.5, 0.6) is 11.5 Å². The van der Waals surface area contributed by atoms with Crippen molar-refractivity contribution >= 4 is 11.5 Å². The second-order valence-electron chi connectivity index (χ2n) is 5.81. The lowest BCUT2D eigenvalue weighted by Gasteiger charge is -2.24. The van der Waals surface area contributed by atoms with Crippen molar-refractivity contribution in [1.82, 2.24) is 0 Å². The Bertz CT molecular complexity index is 819. The summed E-state index contributed by atoms with van der Waals surface area (Å²) in [6.45, 7) is 0. The van der Waals surface area contributed by atoms with E-state index in [4.69, 9.17) is 15.2 Å². The number of rotatable bonds is 4. The third-order valence-corrected chi connectivity index (χ3v) is 4.19. The van der Waals surface area contributed by atoms with Crippen LogP contribution in [0, 0.1) is 0 Å². The van der Waals surface area contributed by atoms with Crippen molar-refractivity contribution in [3.63, 3.8) is 0 Å². The fourth-order valence-corrected chi connectivity index (χ4v) is 2.89.